The number of ether oxygens (including phenoxy) is 1. The lowest BCUT2D eigenvalue weighted by atomic mass is 9.73. The van der Waals surface area contributed by atoms with Gasteiger partial charge in [0.15, 0.2) is 9.84 Å². The van der Waals surface area contributed by atoms with Crippen LogP contribution in [0.4, 0.5) is 5.69 Å². The summed E-state index contributed by atoms with van der Waals surface area (Å²) in [5.41, 5.74) is 7.13. The maximum absolute atomic E-state index is 13.5. The second kappa shape index (κ2) is 9.58. The number of carbonyl (C=O) groups excluding carboxylic acids is 1. The third-order valence-electron chi connectivity index (χ3n) is 7.03. The van der Waals surface area contributed by atoms with Gasteiger partial charge in [-0.1, -0.05) is 13.8 Å². The molecule has 34 heavy (non-hydrogen) atoms. The van der Waals surface area contributed by atoms with Gasteiger partial charge in [0, 0.05) is 37.4 Å². The molecule has 2 bridgehead atoms. The molecule has 184 valence electrons. The molecular weight excluding hydrogens is 450 g/mol. The predicted octanol–water partition coefficient (Wildman–Crippen LogP) is 3.19. The Hall–Kier alpha value is -2.58. The zero-order valence-corrected chi connectivity index (χ0v) is 21.1. The lowest BCUT2D eigenvalue weighted by molar-refractivity contribution is 0.0746. The second-order valence-corrected chi connectivity index (χ2v) is 12.1. The number of sulfone groups is 1. The van der Waals surface area contributed by atoms with Gasteiger partial charge in [-0.25, -0.2) is 8.42 Å². The van der Waals surface area contributed by atoms with Crippen LogP contribution in [0.1, 0.15) is 37.6 Å². The number of anilines is 1. The lowest BCUT2D eigenvalue weighted by Gasteiger charge is -2.48. The molecular formula is C26H35N3O4S. The number of hydrogen-bond acceptors (Lipinski definition) is 6. The number of amides is 1. The smallest absolute Gasteiger partial charge is 0.253 e. The van der Waals surface area contributed by atoms with Crippen molar-refractivity contribution in [2.45, 2.75) is 38.1 Å². The Morgan fingerprint density at radius 3 is 2.35 bits per heavy atom. The average molecular weight is 486 g/mol. The van der Waals surface area contributed by atoms with Gasteiger partial charge >= 0.3 is 0 Å². The fraction of sp³-hybridized carbons (Fsp3) is 0.500. The van der Waals surface area contributed by atoms with Gasteiger partial charge < -0.3 is 20.3 Å². The number of rotatable bonds is 7. The third-order valence-corrected chi connectivity index (χ3v) is 8.80. The second-order valence-electron chi connectivity index (χ2n) is 10.00. The van der Waals surface area contributed by atoms with Crippen LogP contribution in [0.5, 0.6) is 5.75 Å². The SMILES string of the molecule is CCOc1ccc(N2CC3CN(C(=O)c4ccc(S(=O)(=O)CCN)cc4)CC2C(C)(C)C3)cc1. The number of benzene rings is 2. The molecule has 3 fully saturated rings. The van der Waals surface area contributed by atoms with E-state index in [1.54, 1.807) is 12.1 Å². The fourth-order valence-corrected chi connectivity index (χ4v) is 6.54. The van der Waals surface area contributed by atoms with Gasteiger partial charge in [0.2, 0.25) is 0 Å². The Kier molecular flexibility index (Phi) is 6.92. The minimum absolute atomic E-state index is 0.0518. The molecule has 3 saturated heterocycles. The molecule has 2 atom stereocenters. The van der Waals surface area contributed by atoms with E-state index in [0.29, 0.717) is 31.2 Å². The van der Waals surface area contributed by atoms with Gasteiger partial charge in [0.25, 0.3) is 5.91 Å². The standard InChI is InChI=1S/C26H35N3O4S/c1-4-33-22-9-7-21(8-10-22)29-17-19-15-26(2,3)24(29)18-28(16-19)25(30)20-5-11-23(12-6-20)34(31,32)14-13-27/h5-12,19,24H,4,13-18,27H2,1-3H3. The minimum atomic E-state index is -3.42. The van der Waals surface area contributed by atoms with Crippen LogP contribution in [0.3, 0.4) is 0 Å². The van der Waals surface area contributed by atoms with E-state index in [9.17, 15) is 13.2 Å². The van der Waals surface area contributed by atoms with Crippen LogP contribution < -0.4 is 15.4 Å². The van der Waals surface area contributed by atoms with Crippen molar-refractivity contribution in [3.8, 4) is 5.75 Å². The van der Waals surface area contributed by atoms with Crippen molar-refractivity contribution in [2.24, 2.45) is 17.1 Å². The molecule has 8 heteroatoms. The van der Waals surface area contributed by atoms with E-state index in [4.69, 9.17) is 10.5 Å². The predicted molar refractivity (Wildman–Crippen MR) is 134 cm³/mol. The quantitative estimate of drug-likeness (QED) is 0.648. The van der Waals surface area contributed by atoms with Crippen molar-refractivity contribution >= 4 is 21.4 Å². The molecule has 7 nitrogen and oxygen atoms in total. The molecule has 2 aromatic rings. The van der Waals surface area contributed by atoms with Gasteiger partial charge in [-0.3, -0.25) is 4.79 Å². The summed E-state index contributed by atoms with van der Waals surface area (Å²) in [5, 5.41) is 0. The number of carbonyl (C=O) groups is 1. The molecule has 5 rings (SSSR count). The molecule has 2 N–H and O–H groups in total. The fourth-order valence-electron chi connectivity index (χ4n) is 5.45. The van der Waals surface area contributed by atoms with Gasteiger partial charge in [-0.05, 0) is 73.2 Å². The zero-order chi connectivity index (χ0) is 24.5. The van der Waals surface area contributed by atoms with Gasteiger partial charge in [0.05, 0.1) is 23.3 Å². The van der Waals surface area contributed by atoms with Gasteiger partial charge in [0.1, 0.15) is 5.75 Å². The zero-order valence-electron chi connectivity index (χ0n) is 20.2. The molecule has 0 spiro atoms. The van der Waals surface area contributed by atoms with Crippen LogP contribution in [-0.4, -0.2) is 63.8 Å². The first kappa shape index (κ1) is 24.5. The molecule has 0 aromatic heterocycles. The first-order valence-electron chi connectivity index (χ1n) is 12.0. The van der Waals surface area contributed by atoms with Crippen LogP contribution in [-0.2, 0) is 9.84 Å². The lowest BCUT2D eigenvalue weighted by Crippen LogP contribution is -2.54. The summed E-state index contributed by atoms with van der Waals surface area (Å²) in [6, 6.07) is 14.7. The van der Waals surface area contributed by atoms with Crippen molar-refractivity contribution in [3.05, 3.63) is 54.1 Å². The Balaban J connectivity index is 1.56. The highest BCUT2D eigenvalue weighted by Gasteiger charge is 2.46. The Labute approximate surface area is 202 Å². The van der Waals surface area contributed by atoms with E-state index < -0.39 is 9.84 Å². The van der Waals surface area contributed by atoms with Gasteiger partial charge in [-0.15, -0.1) is 0 Å². The van der Waals surface area contributed by atoms with Crippen LogP contribution in [0.15, 0.2) is 53.4 Å². The first-order chi connectivity index (χ1) is 16.1. The molecule has 3 aliphatic rings. The Morgan fingerprint density at radius 1 is 1.06 bits per heavy atom. The highest BCUT2D eigenvalue weighted by atomic mass is 32.2. The number of nitrogens with zero attached hydrogens (tertiary/aromatic N) is 2. The summed E-state index contributed by atoms with van der Waals surface area (Å²) in [4.78, 5) is 18.0. The maximum Gasteiger partial charge on any atom is 0.253 e. The first-order valence-corrected chi connectivity index (χ1v) is 13.6. The van der Waals surface area contributed by atoms with E-state index >= 15 is 0 Å². The summed E-state index contributed by atoms with van der Waals surface area (Å²) < 4.78 is 30.1. The summed E-state index contributed by atoms with van der Waals surface area (Å²) >= 11 is 0. The summed E-state index contributed by atoms with van der Waals surface area (Å²) in [7, 11) is -3.42. The topological polar surface area (TPSA) is 92.9 Å². The highest BCUT2D eigenvalue weighted by molar-refractivity contribution is 7.91. The molecule has 0 radical (unpaired) electrons. The van der Waals surface area contributed by atoms with Crippen molar-refractivity contribution in [1.29, 1.82) is 0 Å². The third kappa shape index (κ3) is 4.93. The van der Waals surface area contributed by atoms with E-state index in [-0.39, 0.29) is 34.6 Å². The van der Waals surface area contributed by atoms with E-state index in [1.807, 2.05) is 24.0 Å². The number of fused-ring (bicyclic) bond motifs is 4. The van der Waals surface area contributed by atoms with Crippen molar-refractivity contribution in [1.82, 2.24) is 4.90 Å². The van der Waals surface area contributed by atoms with Crippen LogP contribution in [0.2, 0.25) is 0 Å². The largest absolute Gasteiger partial charge is 0.494 e. The molecule has 0 saturated carbocycles. The van der Waals surface area contributed by atoms with Crippen molar-refractivity contribution < 1.29 is 17.9 Å². The summed E-state index contributed by atoms with van der Waals surface area (Å²) in [6.07, 6.45) is 1.06. The van der Waals surface area contributed by atoms with E-state index in [0.717, 1.165) is 24.4 Å². The van der Waals surface area contributed by atoms with Crippen LogP contribution in [0, 0.1) is 11.3 Å². The molecule has 3 aliphatic heterocycles. The summed E-state index contributed by atoms with van der Waals surface area (Å²) in [6.45, 7) is 9.48. The normalized spacial score (nSPS) is 21.9. The maximum atomic E-state index is 13.5. The highest BCUT2D eigenvalue weighted by Crippen LogP contribution is 2.43. The monoisotopic (exact) mass is 485 g/mol. The van der Waals surface area contributed by atoms with E-state index in [2.05, 4.69) is 30.9 Å². The average Bonchev–Trinajstić information content (AvgIpc) is 3.06. The Morgan fingerprint density at radius 2 is 1.74 bits per heavy atom. The molecule has 2 unspecified atom stereocenters. The van der Waals surface area contributed by atoms with Crippen molar-refractivity contribution in [3.63, 3.8) is 0 Å². The molecule has 2 aromatic carbocycles. The Bertz CT molecular complexity index is 1110. The van der Waals surface area contributed by atoms with Crippen molar-refractivity contribution in [2.75, 3.05) is 43.4 Å². The van der Waals surface area contributed by atoms with Crippen LogP contribution >= 0.6 is 0 Å². The minimum Gasteiger partial charge on any atom is -0.494 e. The number of piperidine rings is 1. The molecule has 0 aliphatic carbocycles. The molecule has 3 heterocycles. The number of hydrogen-bond donors (Lipinski definition) is 1. The van der Waals surface area contributed by atoms with Crippen LogP contribution in [0.25, 0.3) is 0 Å². The van der Waals surface area contributed by atoms with E-state index in [1.165, 1.54) is 12.1 Å². The van der Waals surface area contributed by atoms with Gasteiger partial charge in [-0.2, -0.15) is 0 Å². The number of nitrogens with two attached hydrogens (primary N) is 1. The summed E-state index contributed by atoms with van der Waals surface area (Å²) in [5.74, 6) is 1.06. The molecule has 1 amide bonds.